The smallest absolute Gasteiger partial charge is 0.317 e. The van der Waals surface area contributed by atoms with Gasteiger partial charge in [-0.25, -0.2) is 9.18 Å². The minimum Gasteiger partial charge on any atom is -0.481 e. The number of nitrogens with zero attached hydrogens (tertiary/aromatic N) is 1. The van der Waals surface area contributed by atoms with E-state index in [-0.39, 0.29) is 12.5 Å². The van der Waals surface area contributed by atoms with Crippen LogP contribution in [0.3, 0.4) is 0 Å². The first-order chi connectivity index (χ1) is 9.97. The van der Waals surface area contributed by atoms with Gasteiger partial charge in [-0.1, -0.05) is 11.6 Å². The molecule has 0 saturated carbocycles. The Morgan fingerprint density at radius 2 is 2.19 bits per heavy atom. The number of hydrogen-bond acceptors (Lipinski definition) is 2. The van der Waals surface area contributed by atoms with E-state index in [1.54, 1.807) is 4.90 Å². The molecular weight excluding hydrogens is 299 g/mol. The van der Waals surface area contributed by atoms with Crippen molar-refractivity contribution < 1.29 is 19.1 Å². The molecule has 0 aromatic heterocycles. The Morgan fingerprint density at radius 1 is 1.43 bits per heavy atom. The molecule has 1 aromatic carbocycles. The van der Waals surface area contributed by atoms with Crippen molar-refractivity contribution in [3.63, 3.8) is 0 Å². The number of carboxylic acid groups (broad SMARTS) is 1. The van der Waals surface area contributed by atoms with Crippen molar-refractivity contribution in [1.82, 2.24) is 10.2 Å². The van der Waals surface area contributed by atoms with Crippen LogP contribution in [0.2, 0.25) is 5.02 Å². The lowest BCUT2D eigenvalue weighted by atomic mass is 10.00. The first kappa shape index (κ1) is 15.6. The summed E-state index contributed by atoms with van der Waals surface area (Å²) < 4.78 is 13.3. The summed E-state index contributed by atoms with van der Waals surface area (Å²) in [6.07, 6.45) is 0.979. The van der Waals surface area contributed by atoms with Gasteiger partial charge in [0.15, 0.2) is 0 Å². The summed E-state index contributed by atoms with van der Waals surface area (Å²) in [5.41, 5.74) is 1.60. The summed E-state index contributed by atoms with van der Waals surface area (Å²) in [5, 5.41) is 11.6. The lowest BCUT2D eigenvalue weighted by Gasteiger charge is -2.29. The number of fused-ring (bicyclic) bond motifs is 1. The van der Waals surface area contributed by atoms with Gasteiger partial charge in [0.05, 0.1) is 0 Å². The highest BCUT2D eigenvalue weighted by atomic mass is 35.5. The van der Waals surface area contributed by atoms with E-state index in [1.807, 2.05) is 0 Å². The average Bonchev–Trinajstić information content (AvgIpc) is 2.42. The summed E-state index contributed by atoms with van der Waals surface area (Å²) in [4.78, 5) is 23.9. The van der Waals surface area contributed by atoms with Gasteiger partial charge >= 0.3 is 12.0 Å². The maximum Gasteiger partial charge on any atom is 0.317 e. The first-order valence-corrected chi connectivity index (χ1v) is 7.06. The molecule has 0 atom stereocenters. The molecule has 5 nitrogen and oxygen atoms in total. The van der Waals surface area contributed by atoms with Gasteiger partial charge in [0.2, 0.25) is 0 Å². The van der Waals surface area contributed by atoms with Crippen LogP contribution < -0.4 is 5.32 Å². The molecule has 1 aliphatic heterocycles. The summed E-state index contributed by atoms with van der Waals surface area (Å²) in [6, 6.07) is 2.40. The van der Waals surface area contributed by atoms with Gasteiger partial charge in [-0.15, -0.1) is 0 Å². The zero-order valence-corrected chi connectivity index (χ0v) is 12.1. The van der Waals surface area contributed by atoms with E-state index in [0.29, 0.717) is 43.1 Å². The van der Waals surface area contributed by atoms with E-state index in [9.17, 15) is 14.0 Å². The molecule has 114 valence electrons. The topological polar surface area (TPSA) is 69.6 Å². The maximum absolute atomic E-state index is 13.3. The maximum atomic E-state index is 13.3. The van der Waals surface area contributed by atoms with E-state index >= 15 is 0 Å². The molecule has 1 aliphatic rings. The van der Waals surface area contributed by atoms with Gasteiger partial charge in [0.25, 0.3) is 0 Å². The quantitative estimate of drug-likeness (QED) is 0.839. The van der Waals surface area contributed by atoms with E-state index in [2.05, 4.69) is 5.32 Å². The number of carbonyl (C=O) groups excluding carboxylic acids is 1. The number of benzene rings is 1. The third-order valence-corrected chi connectivity index (χ3v) is 3.71. The van der Waals surface area contributed by atoms with Crippen molar-refractivity contribution in [1.29, 1.82) is 0 Å². The Morgan fingerprint density at radius 3 is 2.90 bits per heavy atom. The predicted octanol–water partition coefficient (Wildman–Crippen LogP) is 2.41. The molecule has 0 bridgehead atoms. The van der Waals surface area contributed by atoms with Crippen molar-refractivity contribution in [2.75, 3.05) is 13.1 Å². The number of carbonyl (C=O) groups is 2. The fourth-order valence-electron chi connectivity index (χ4n) is 2.33. The molecule has 0 spiro atoms. The van der Waals surface area contributed by atoms with Gasteiger partial charge in [0, 0.05) is 31.1 Å². The van der Waals surface area contributed by atoms with Gasteiger partial charge < -0.3 is 15.3 Å². The first-order valence-electron chi connectivity index (χ1n) is 6.68. The van der Waals surface area contributed by atoms with E-state index in [4.69, 9.17) is 16.7 Å². The molecule has 0 unspecified atom stereocenters. The number of hydrogen-bond donors (Lipinski definition) is 2. The lowest BCUT2D eigenvalue weighted by molar-refractivity contribution is -0.137. The zero-order valence-electron chi connectivity index (χ0n) is 11.4. The SMILES string of the molecule is O=C(O)CCCNC(=O)N1CCc2c(Cl)cc(F)cc2C1. The highest BCUT2D eigenvalue weighted by Gasteiger charge is 2.22. The van der Waals surface area contributed by atoms with Crippen molar-refractivity contribution in [3.05, 3.63) is 34.1 Å². The molecule has 0 fully saturated rings. The molecular formula is C14H16ClFN2O3. The normalized spacial score (nSPS) is 13.7. The fourth-order valence-corrected chi connectivity index (χ4v) is 2.65. The monoisotopic (exact) mass is 314 g/mol. The third kappa shape index (κ3) is 4.07. The van der Waals surface area contributed by atoms with Crippen LogP contribution in [0.15, 0.2) is 12.1 Å². The molecule has 0 saturated heterocycles. The number of urea groups is 1. The van der Waals surface area contributed by atoms with Gasteiger partial charge in [-0.05, 0) is 36.1 Å². The molecule has 0 radical (unpaired) electrons. The van der Waals surface area contributed by atoms with Crippen LogP contribution in [0.1, 0.15) is 24.0 Å². The standard InChI is InChI=1S/C14H16ClFN2O3/c15-12-7-10(16)6-9-8-18(5-3-11(9)12)14(21)17-4-1-2-13(19)20/h6-7H,1-5,8H2,(H,17,21)(H,19,20). The number of amides is 2. The largest absolute Gasteiger partial charge is 0.481 e. The van der Waals surface area contributed by atoms with Crippen molar-refractivity contribution in [2.24, 2.45) is 0 Å². The summed E-state index contributed by atoms with van der Waals surface area (Å²) in [7, 11) is 0. The highest BCUT2D eigenvalue weighted by Crippen LogP contribution is 2.27. The number of carboxylic acids is 1. The molecule has 0 aliphatic carbocycles. The average molecular weight is 315 g/mol. The third-order valence-electron chi connectivity index (χ3n) is 3.38. The molecule has 7 heteroatoms. The minimum atomic E-state index is -0.888. The molecule has 1 aromatic rings. The minimum absolute atomic E-state index is 0.0178. The Kier molecular flexibility index (Phi) is 5.01. The van der Waals surface area contributed by atoms with Crippen LogP contribution in [0.5, 0.6) is 0 Å². The summed E-state index contributed by atoms with van der Waals surface area (Å²) in [5.74, 6) is -1.30. The van der Waals surface area contributed by atoms with Crippen LogP contribution in [0, 0.1) is 5.82 Å². The van der Waals surface area contributed by atoms with Gasteiger partial charge in [-0.2, -0.15) is 0 Å². The van der Waals surface area contributed by atoms with Gasteiger partial charge in [0.1, 0.15) is 5.82 Å². The van der Waals surface area contributed by atoms with E-state index in [1.165, 1.54) is 12.1 Å². The highest BCUT2D eigenvalue weighted by molar-refractivity contribution is 6.31. The fraction of sp³-hybridized carbons (Fsp3) is 0.429. The Bertz CT molecular complexity index is 565. The second-order valence-electron chi connectivity index (χ2n) is 4.93. The molecule has 2 rings (SSSR count). The second-order valence-corrected chi connectivity index (χ2v) is 5.33. The van der Waals surface area contributed by atoms with Gasteiger partial charge in [-0.3, -0.25) is 4.79 Å². The van der Waals surface area contributed by atoms with Crippen LogP contribution in [-0.4, -0.2) is 35.1 Å². The number of nitrogens with one attached hydrogen (secondary N) is 1. The van der Waals surface area contributed by atoms with E-state index < -0.39 is 11.8 Å². The lowest BCUT2D eigenvalue weighted by Crippen LogP contribution is -2.43. The molecule has 2 amide bonds. The molecule has 1 heterocycles. The van der Waals surface area contributed by atoms with Crippen molar-refractivity contribution in [2.45, 2.75) is 25.8 Å². The predicted molar refractivity (Wildman–Crippen MR) is 75.8 cm³/mol. The molecule has 2 N–H and O–H groups in total. The second kappa shape index (κ2) is 6.76. The Hall–Kier alpha value is -1.82. The summed E-state index contributed by atoms with van der Waals surface area (Å²) in [6.45, 7) is 1.11. The van der Waals surface area contributed by atoms with Crippen LogP contribution in [0.25, 0.3) is 0 Å². The van der Waals surface area contributed by atoms with Crippen molar-refractivity contribution >= 4 is 23.6 Å². The summed E-state index contributed by atoms with van der Waals surface area (Å²) >= 11 is 5.99. The Labute approximate surface area is 126 Å². The van der Waals surface area contributed by atoms with Crippen LogP contribution in [0.4, 0.5) is 9.18 Å². The van der Waals surface area contributed by atoms with E-state index in [0.717, 1.165) is 5.56 Å². The van der Waals surface area contributed by atoms with Crippen LogP contribution >= 0.6 is 11.6 Å². The number of halogens is 2. The van der Waals surface area contributed by atoms with Crippen molar-refractivity contribution in [3.8, 4) is 0 Å². The number of aliphatic carboxylic acids is 1. The Balaban J connectivity index is 1.91. The molecule has 21 heavy (non-hydrogen) atoms. The number of rotatable bonds is 4. The zero-order chi connectivity index (χ0) is 15.4. The van der Waals surface area contributed by atoms with Crippen LogP contribution in [-0.2, 0) is 17.8 Å².